The monoisotopic (exact) mass is 473 g/mol. The number of hydrogen-bond acceptors (Lipinski definition) is 4. The van der Waals surface area contributed by atoms with Crippen LogP contribution < -0.4 is 15.2 Å². The van der Waals surface area contributed by atoms with Crippen molar-refractivity contribution in [2.75, 3.05) is 6.54 Å². The first-order chi connectivity index (χ1) is 16.0. The molecule has 34 heavy (non-hydrogen) atoms. The Morgan fingerprint density at radius 1 is 1.00 bits per heavy atom. The van der Waals surface area contributed by atoms with Crippen molar-refractivity contribution in [3.8, 4) is 11.5 Å². The fraction of sp³-hybridized carbons (Fsp3) is 0.767. The SMILES string of the molecule is Cc1c(OC(=O)CN)cc2c(c1C)OC(C)(CCCC(C)CCCC(C)CCCC(C)C)CC2. The van der Waals surface area contributed by atoms with Gasteiger partial charge in [0.2, 0.25) is 0 Å². The third-order valence-electron chi connectivity index (χ3n) is 7.81. The quantitative estimate of drug-likeness (QED) is 0.222. The summed E-state index contributed by atoms with van der Waals surface area (Å²) < 4.78 is 12.0. The van der Waals surface area contributed by atoms with Crippen LogP contribution in [0, 0.1) is 31.6 Å². The van der Waals surface area contributed by atoms with Crippen molar-refractivity contribution in [3.63, 3.8) is 0 Å². The highest BCUT2D eigenvalue weighted by Gasteiger charge is 2.33. The Labute approximate surface area is 209 Å². The number of hydrogen-bond donors (Lipinski definition) is 1. The molecule has 0 aliphatic carbocycles. The molecular weight excluding hydrogens is 422 g/mol. The highest BCUT2D eigenvalue weighted by molar-refractivity contribution is 5.75. The van der Waals surface area contributed by atoms with Gasteiger partial charge in [0.15, 0.2) is 0 Å². The molecule has 0 radical (unpaired) electrons. The van der Waals surface area contributed by atoms with Gasteiger partial charge in [0.05, 0.1) is 6.54 Å². The van der Waals surface area contributed by atoms with Gasteiger partial charge < -0.3 is 15.2 Å². The Morgan fingerprint density at radius 3 is 2.18 bits per heavy atom. The summed E-state index contributed by atoms with van der Waals surface area (Å²) in [6.45, 7) is 15.7. The van der Waals surface area contributed by atoms with Gasteiger partial charge in [-0.2, -0.15) is 0 Å². The lowest BCUT2D eigenvalue weighted by Crippen LogP contribution is -2.37. The van der Waals surface area contributed by atoms with E-state index in [1.165, 1.54) is 51.4 Å². The number of nitrogens with two attached hydrogens (primary N) is 1. The fourth-order valence-electron chi connectivity index (χ4n) is 5.20. The maximum absolute atomic E-state index is 11.7. The van der Waals surface area contributed by atoms with Crippen LogP contribution in [0.3, 0.4) is 0 Å². The van der Waals surface area contributed by atoms with Gasteiger partial charge in [0.1, 0.15) is 17.1 Å². The normalized spacial score (nSPS) is 19.4. The van der Waals surface area contributed by atoms with Crippen LogP contribution in [0.4, 0.5) is 0 Å². The Bertz CT molecular complexity index is 788. The molecule has 0 amide bonds. The van der Waals surface area contributed by atoms with Crippen LogP contribution in [0.1, 0.15) is 116 Å². The topological polar surface area (TPSA) is 61.5 Å². The first-order valence-electron chi connectivity index (χ1n) is 13.8. The van der Waals surface area contributed by atoms with Gasteiger partial charge in [0, 0.05) is 0 Å². The number of esters is 1. The first-order valence-corrected chi connectivity index (χ1v) is 13.8. The van der Waals surface area contributed by atoms with Gasteiger partial charge in [-0.15, -0.1) is 0 Å². The molecule has 0 spiro atoms. The van der Waals surface area contributed by atoms with Crippen LogP contribution in [0.25, 0.3) is 0 Å². The van der Waals surface area contributed by atoms with E-state index >= 15 is 0 Å². The van der Waals surface area contributed by atoms with Crippen molar-refractivity contribution >= 4 is 5.97 Å². The smallest absolute Gasteiger partial charge is 0.325 e. The molecule has 3 unspecified atom stereocenters. The molecule has 0 fully saturated rings. The number of rotatable bonds is 14. The van der Waals surface area contributed by atoms with Crippen LogP contribution in [-0.2, 0) is 11.2 Å². The predicted molar refractivity (Wildman–Crippen MR) is 143 cm³/mol. The molecule has 4 nitrogen and oxygen atoms in total. The third-order valence-corrected chi connectivity index (χ3v) is 7.81. The number of fused-ring (bicyclic) bond motifs is 1. The molecule has 0 saturated carbocycles. The van der Waals surface area contributed by atoms with Crippen LogP contribution in [0.15, 0.2) is 6.07 Å². The molecule has 2 N–H and O–H groups in total. The highest BCUT2D eigenvalue weighted by Crippen LogP contribution is 2.42. The van der Waals surface area contributed by atoms with E-state index in [1.54, 1.807) is 0 Å². The van der Waals surface area contributed by atoms with E-state index in [1.807, 2.05) is 13.0 Å². The van der Waals surface area contributed by atoms with Gasteiger partial charge in [-0.25, -0.2) is 0 Å². The number of carbonyl (C=O) groups is 1. The number of carbonyl (C=O) groups excluding carboxylic acids is 1. The maximum atomic E-state index is 11.7. The molecule has 0 saturated heterocycles. The van der Waals surface area contributed by atoms with Crippen molar-refractivity contribution in [1.82, 2.24) is 0 Å². The zero-order valence-corrected chi connectivity index (χ0v) is 23.1. The second-order valence-corrected chi connectivity index (χ2v) is 11.7. The molecule has 1 aromatic rings. The van der Waals surface area contributed by atoms with Gasteiger partial charge in [-0.1, -0.05) is 72.6 Å². The largest absolute Gasteiger partial charge is 0.487 e. The van der Waals surface area contributed by atoms with Crippen LogP contribution >= 0.6 is 0 Å². The Kier molecular flexibility index (Phi) is 11.4. The zero-order chi connectivity index (χ0) is 25.3. The van der Waals surface area contributed by atoms with E-state index in [0.717, 1.165) is 59.5 Å². The molecule has 0 bridgehead atoms. The van der Waals surface area contributed by atoms with Crippen molar-refractivity contribution in [2.24, 2.45) is 23.5 Å². The Balaban J connectivity index is 1.78. The van der Waals surface area contributed by atoms with Crippen LogP contribution in [-0.4, -0.2) is 18.1 Å². The Hall–Kier alpha value is -1.55. The van der Waals surface area contributed by atoms with E-state index in [9.17, 15) is 4.79 Å². The summed E-state index contributed by atoms with van der Waals surface area (Å²) in [7, 11) is 0. The second-order valence-electron chi connectivity index (χ2n) is 11.7. The lowest BCUT2D eigenvalue weighted by molar-refractivity contribution is -0.132. The standard InChI is InChI=1S/C30H51NO3/c1-21(2)11-8-12-22(3)13-9-14-23(4)15-10-17-30(7)18-16-26-19-27(33-28(32)20-31)24(5)25(6)29(26)34-30/h19,21-23H,8-18,20,31H2,1-7H3. The average molecular weight is 474 g/mol. The molecule has 1 aromatic carbocycles. The molecular formula is C30H51NO3. The van der Waals surface area contributed by atoms with E-state index in [-0.39, 0.29) is 12.1 Å². The summed E-state index contributed by atoms with van der Waals surface area (Å²) in [5.74, 6) is 3.68. The van der Waals surface area contributed by atoms with Crippen molar-refractivity contribution in [2.45, 2.75) is 125 Å². The highest BCUT2D eigenvalue weighted by atomic mass is 16.5. The molecule has 4 heteroatoms. The summed E-state index contributed by atoms with van der Waals surface area (Å²) >= 11 is 0. The van der Waals surface area contributed by atoms with Gasteiger partial charge in [-0.3, -0.25) is 4.79 Å². The summed E-state index contributed by atoms with van der Waals surface area (Å²) in [5, 5.41) is 0. The number of aryl methyl sites for hydroxylation is 1. The second kappa shape index (κ2) is 13.5. The number of benzene rings is 1. The minimum absolute atomic E-state index is 0.111. The molecule has 1 aliphatic rings. The lowest BCUT2D eigenvalue weighted by atomic mass is 9.85. The number of ether oxygens (including phenoxy) is 2. The molecule has 1 heterocycles. The predicted octanol–water partition coefficient (Wildman–Crippen LogP) is 7.69. The molecule has 1 aliphatic heterocycles. The van der Waals surface area contributed by atoms with E-state index in [4.69, 9.17) is 15.2 Å². The van der Waals surface area contributed by atoms with Crippen LogP contribution in [0.5, 0.6) is 11.5 Å². The molecule has 3 atom stereocenters. The summed E-state index contributed by atoms with van der Waals surface area (Å²) in [6.07, 6.45) is 13.7. The van der Waals surface area contributed by atoms with E-state index in [2.05, 4.69) is 41.5 Å². The summed E-state index contributed by atoms with van der Waals surface area (Å²) in [6, 6.07) is 1.97. The van der Waals surface area contributed by atoms with Crippen molar-refractivity contribution in [3.05, 3.63) is 22.8 Å². The minimum Gasteiger partial charge on any atom is -0.487 e. The van der Waals surface area contributed by atoms with Crippen molar-refractivity contribution in [1.29, 1.82) is 0 Å². The third kappa shape index (κ3) is 8.91. The van der Waals surface area contributed by atoms with Gasteiger partial charge in [-0.05, 0) is 87.0 Å². The van der Waals surface area contributed by atoms with Crippen LogP contribution in [0.2, 0.25) is 0 Å². The molecule has 2 rings (SSSR count). The zero-order valence-electron chi connectivity index (χ0n) is 23.1. The van der Waals surface area contributed by atoms with Crippen molar-refractivity contribution < 1.29 is 14.3 Å². The maximum Gasteiger partial charge on any atom is 0.325 e. The summed E-state index contributed by atoms with van der Waals surface area (Å²) in [4.78, 5) is 11.7. The first kappa shape index (κ1) is 28.7. The Morgan fingerprint density at radius 2 is 1.59 bits per heavy atom. The molecule has 194 valence electrons. The summed E-state index contributed by atoms with van der Waals surface area (Å²) in [5.41, 5.74) is 8.45. The molecule has 0 aromatic heterocycles. The average Bonchev–Trinajstić information content (AvgIpc) is 2.77. The lowest BCUT2D eigenvalue weighted by Gasteiger charge is -2.37. The fourth-order valence-corrected chi connectivity index (χ4v) is 5.20. The van der Waals surface area contributed by atoms with Gasteiger partial charge in [0.25, 0.3) is 0 Å². The minimum atomic E-state index is -0.404. The van der Waals surface area contributed by atoms with Gasteiger partial charge >= 0.3 is 5.97 Å². The van der Waals surface area contributed by atoms with E-state index in [0.29, 0.717) is 5.75 Å². The van der Waals surface area contributed by atoms with E-state index < -0.39 is 5.97 Å².